The first-order valence-electron chi connectivity index (χ1n) is 8.48. The molecule has 2 aliphatic rings. The zero-order valence-corrected chi connectivity index (χ0v) is 14.3. The lowest BCUT2D eigenvalue weighted by atomic mass is 9.87. The second-order valence-electron chi connectivity index (χ2n) is 6.46. The van der Waals surface area contributed by atoms with Gasteiger partial charge in [0.15, 0.2) is 5.82 Å². The Morgan fingerprint density at radius 3 is 3.00 bits per heavy atom. The predicted molar refractivity (Wildman–Crippen MR) is 95.2 cm³/mol. The van der Waals surface area contributed by atoms with E-state index in [4.69, 9.17) is 4.74 Å². The summed E-state index contributed by atoms with van der Waals surface area (Å²) < 4.78 is 5.73. The number of carbonyl (C=O) groups excluding carboxylic acids is 1. The van der Waals surface area contributed by atoms with Crippen molar-refractivity contribution in [3.8, 4) is 10.4 Å². The van der Waals surface area contributed by atoms with Gasteiger partial charge in [0.1, 0.15) is 6.10 Å². The molecule has 6 heteroatoms. The van der Waals surface area contributed by atoms with Crippen LogP contribution in [0, 0.1) is 5.92 Å². The minimum absolute atomic E-state index is 0.0281. The fraction of sp³-hybridized carbons (Fsp3) is 0.444. The molecule has 0 aliphatic carbocycles. The standard InChI is InChI=1S/C18H21N3O2S/c22-18(23-15-8-10-21-9-4-7-14(15)11-21)20-17-16(24-12-19-17)13-5-2-1-3-6-13/h1-3,5-6,12,14-15H,4,7-11H2,(H,20,22). The van der Waals surface area contributed by atoms with Gasteiger partial charge in [0.2, 0.25) is 0 Å². The summed E-state index contributed by atoms with van der Waals surface area (Å²) in [7, 11) is 0. The Hall–Kier alpha value is -1.92. The minimum Gasteiger partial charge on any atom is -0.446 e. The molecule has 1 aromatic carbocycles. The molecule has 2 aliphatic heterocycles. The first-order chi connectivity index (χ1) is 11.8. The van der Waals surface area contributed by atoms with Gasteiger partial charge in [-0.2, -0.15) is 0 Å². The molecular weight excluding hydrogens is 322 g/mol. The lowest BCUT2D eigenvalue weighted by Crippen LogP contribution is -2.48. The summed E-state index contributed by atoms with van der Waals surface area (Å²) in [6.07, 6.45) is 2.93. The van der Waals surface area contributed by atoms with Gasteiger partial charge in [-0.1, -0.05) is 30.3 Å². The number of benzene rings is 1. The second-order valence-corrected chi connectivity index (χ2v) is 7.31. The van der Waals surface area contributed by atoms with E-state index in [1.165, 1.54) is 24.3 Å². The van der Waals surface area contributed by atoms with Crippen molar-refractivity contribution in [2.45, 2.75) is 25.4 Å². The molecule has 0 saturated carbocycles. The van der Waals surface area contributed by atoms with Gasteiger partial charge in [0.25, 0.3) is 0 Å². The number of rotatable bonds is 3. The van der Waals surface area contributed by atoms with Crippen LogP contribution < -0.4 is 5.32 Å². The Morgan fingerprint density at radius 2 is 2.12 bits per heavy atom. The molecule has 24 heavy (non-hydrogen) atoms. The topological polar surface area (TPSA) is 54.5 Å². The normalized spacial score (nSPS) is 25.9. The minimum atomic E-state index is -0.387. The maximum atomic E-state index is 12.3. The molecule has 1 N–H and O–H groups in total. The van der Waals surface area contributed by atoms with E-state index in [1.54, 1.807) is 5.51 Å². The zero-order chi connectivity index (χ0) is 16.4. The van der Waals surface area contributed by atoms with Crippen molar-refractivity contribution in [2.75, 3.05) is 25.0 Å². The van der Waals surface area contributed by atoms with Crippen molar-refractivity contribution in [2.24, 2.45) is 5.92 Å². The van der Waals surface area contributed by atoms with Crippen LogP contribution in [-0.4, -0.2) is 41.7 Å². The Morgan fingerprint density at radius 1 is 1.25 bits per heavy atom. The summed E-state index contributed by atoms with van der Waals surface area (Å²) in [4.78, 5) is 20.1. The number of hydrogen-bond donors (Lipinski definition) is 1. The van der Waals surface area contributed by atoms with Crippen LogP contribution >= 0.6 is 11.3 Å². The molecule has 1 amide bonds. The molecule has 3 heterocycles. The highest BCUT2D eigenvalue weighted by atomic mass is 32.1. The summed E-state index contributed by atoms with van der Waals surface area (Å²) in [5, 5.41) is 2.83. The van der Waals surface area contributed by atoms with Crippen LogP contribution in [0.15, 0.2) is 35.8 Å². The molecule has 2 saturated heterocycles. The average Bonchev–Trinajstić information content (AvgIpc) is 3.07. The third-order valence-electron chi connectivity index (χ3n) is 4.88. The first kappa shape index (κ1) is 15.6. The van der Waals surface area contributed by atoms with Gasteiger partial charge in [0, 0.05) is 19.0 Å². The van der Waals surface area contributed by atoms with Gasteiger partial charge in [-0.05, 0) is 31.4 Å². The first-order valence-corrected chi connectivity index (χ1v) is 9.36. The number of anilines is 1. The summed E-state index contributed by atoms with van der Waals surface area (Å²) in [6.45, 7) is 3.28. The number of amides is 1. The van der Waals surface area contributed by atoms with E-state index in [1.807, 2.05) is 30.3 Å². The number of thiazole rings is 1. The molecule has 2 bridgehead atoms. The van der Waals surface area contributed by atoms with Crippen molar-refractivity contribution in [3.63, 3.8) is 0 Å². The number of piperidine rings is 2. The summed E-state index contributed by atoms with van der Waals surface area (Å²) in [6, 6.07) is 9.97. The van der Waals surface area contributed by atoms with Crippen LogP contribution in [0.2, 0.25) is 0 Å². The van der Waals surface area contributed by atoms with Crippen LogP contribution in [-0.2, 0) is 4.74 Å². The lowest BCUT2D eigenvalue weighted by molar-refractivity contribution is -0.00825. The molecule has 126 valence electrons. The van der Waals surface area contributed by atoms with Gasteiger partial charge in [-0.15, -0.1) is 11.3 Å². The highest BCUT2D eigenvalue weighted by molar-refractivity contribution is 7.13. The smallest absolute Gasteiger partial charge is 0.413 e. The molecule has 2 fully saturated rings. The van der Waals surface area contributed by atoms with Gasteiger partial charge in [0.05, 0.1) is 10.4 Å². The number of hydrogen-bond acceptors (Lipinski definition) is 5. The van der Waals surface area contributed by atoms with E-state index in [-0.39, 0.29) is 12.2 Å². The van der Waals surface area contributed by atoms with Gasteiger partial charge < -0.3 is 9.64 Å². The SMILES string of the molecule is O=C(Nc1ncsc1-c1ccccc1)OC1CCN2CCCC1C2. The van der Waals surface area contributed by atoms with Crippen molar-refractivity contribution in [3.05, 3.63) is 35.8 Å². The van der Waals surface area contributed by atoms with Crippen molar-refractivity contribution < 1.29 is 9.53 Å². The van der Waals surface area contributed by atoms with E-state index >= 15 is 0 Å². The third kappa shape index (κ3) is 3.30. The number of aromatic nitrogens is 1. The quantitative estimate of drug-likeness (QED) is 0.920. The highest BCUT2D eigenvalue weighted by Gasteiger charge is 2.34. The number of nitrogens with one attached hydrogen (secondary N) is 1. The number of ether oxygens (including phenoxy) is 1. The predicted octanol–water partition coefficient (Wildman–Crippen LogP) is 3.84. The van der Waals surface area contributed by atoms with E-state index in [0.717, 1.165) is 36.4 Å². The van der Waals surface area contributed by atoms with Crippen LogP contribution in [0.1, 0.15) is 19.3 Å². The van der Waals surface area contributed by atoms with Crippen molar-refractivity contribution in [1.29, 1.82) is 0 Å². The van der Waals surface area contributed by atoms with Crippen LogP contribution in [0.5, 0.6) is 0 Å². The maximum absolute atomic E-state index is 12.3. The Bertz CT molecular complexity index is 703. The summed E-state index contributed by atoms with van der Waals surface area (Å²) in [5.74, 6) is 1.06. The lowest BCUT2D eigenvalue weighted by Gasteiger charge is -2.41. The monoisotopic (exact) mass is 343 g/mol. The Labute approximate surface area is 145 Å². The van der Waals surface area contributed by atoms with Crippen LogP contribution in [0.25, 0.3) is 10.4 Å². The summed E-state index contributed by atoms with van der Waals surface area (Å²) >= 11 is 1.52. The third-order valence-corrected chi connectivity index (χ3v) is 5.76. The molecule has 0 spiro atoms. The Balaban J connectivity index is 1.41. The number of nitrogens with zero attached hydrogens (tertiary/aromatic N) is 2. The van der Waals surface area contributed by atoms with Crippen molar-refractivity contribution >= 4 is 23.2 Å². The van der Waals surface area contributed by atoms with Crippen molar-refractivity contribution in [1.82, 2.24) is 9.88 Å². The number of carbonyl (C=O) groups is 1. The van der Waals surface area contributed by atoms with E-state index in [9.17, 15) is 4.79 Å². The van der Waals surface area contributed by atoms with E-state index in [0.29, 0.717) is 11.7 Å². The van der Waals surface area contributed by atoms with E-state index < -0.39 is 0 Å². The fourth-order valence-corrected chi connectivity index (χ4v) is 4.44. The molecule has 5 nitrogen and oxygen atoms in total. The molecule has 3 atom stereocenters. The molecule has 2 aromatic rings. The van der Waals surface area contributed by atoms with Gasteiger partial charge in [-0.25, -0.2) is 9.78 Å². The maximum Gasteiger partial charge on any atom is 0.413 e. The Kier molecular flexibility index (Phi) is 4.49. The number of fused-ring (bicyclic) bond motifs is 2. The fourth-order valence-electron chi connectivity index (χ4n) is 3.69. The van der Waals surface area contributed by atoms with Crippen LogP contribution in [0.3, 0.4) is 0 Å². The van der Waals surface area contributed by atoms with Crippen LogP contribution in [0.4, 0.5) is 10.6 Å². The second kappa shape index (κ2) is 6.91. The average molecular weight is 343 g/mol. The molecule has 4 rings (SSSR count). The largest absolute Gasteiger partial charge is 0.446 e. The zero-order valence-electron chi connectivity index (χ0n) is 13.5. The van der Waals surface area contributed by atoms with E-state index in [2.05, 4.69) is 15.2 Å². The van der Waals surface area contributed by atoms with Gasteiger partial charge in [-0.3, -0.25) is 5.32 Å². The molecule has 0 radical (unpaired) electrons. The summed E-state index contributed by atoms with van der Waals surface area (Å²) in [5.41, 5.74) is 2.80. The molecular formula is C18H21N3O2S. The van der Waals surface area contributed by atoms with Gasteiger partial charge >= 0.3 is 6.09 Å². The molecule has 1 aromatic heterocycles. The molecule has 3 unspecified atom stereocenters. The highest BCUT2D eigenvalue weighted by Crippen LogP contribution is 2.32.